The SMILES string of the molecule is CCCCCCOP(=O)(OCCCCCC)c1cc(-c2c3ccccc3cc3ccccc23)sc1-c1c2ccccc2cc2ccccc12. The molecule has 0 aliphatic heterocycles. The summed E-state index contributed by atoms with van der Waals surface area (Å²) in [5.41, 5.74) is 2.25. The smallest absolute Gasteiger partial charge is 0.305 e. The van der Waals surface area contributed by atoms with Gasteiger partial charge >= 0.3 is 7.60 Å². The highest BCUT2D eigenvalue weighted by Crippen LogP contribution is 2.55. The predicted molar refractivity (Wildman–Crippen MR) is 213 cm³/mol. The van der Waals surface area contributed by atoms with Crippen LogP contribution in [0.4, 0.5) is 0 Å². The third-order valence-electron chi connectivity index (χ3n) is 9.54. The van der Waals surface area contributed by atoms with Gasteiger partial charge in [0.1, 0.15) is 0 Å². The summed E-state index contributed by atoms with van der Waals surface area (Å²) in [6, 6.07) is 41.0. The average molecular weight is 685 g/mol. The Labute approximate surface area is 294 Å². The van der Waals surface area contributed by atoms with Crippen molar-refractivity contribution in [2.24, 2.45) is 0 Å². The fourth-order valence-electron chi connectivity index (χ4n) is 7.03. The summed E-state index contributed by atoms with van der Waals surface area (Å²) < 4.78 is 28.5. The lowest BCUT2D eigenvalue weighted by Crippen LogP contribution is -2.13. The first-order valence-corrected chi connectivity index (χ1v) is 20.3. The predicted octanol–water partition coefficient (Wildman–Crippen LogP) is 13.7. The maximum Gasteiger partial charge on any atom is 0.362 e. The summed E-state index contributed by atoms with van der Waals surface area (Å²) in [6.45, 7) is 5.22. The lowest BCUT2D eigenvalue weighted by Gasteiger charge is -2.20. The van der Waals surface area contributed by atoms with Gasteiger partial charge in [-0.05, 0) is 74.1 Å². The monoisotopic (exact) mass is 684 g/mol. The molecule has 0 saturated carbocycles. The Hall–Kier alpha value is -3.79. The van der Waals surface area contributed by atoms with E-state index in [9.17, 15) is 0 Å². The molecule has 0 atom stereocenters. The largest absolute Gasteiger partial charge is 0.362 e. The van der Waals surface area contributed by atoms with Gasteiger partial charge in [-0.2, -0.15) is 0 Å². The summed E-state index contributed by atoms with van der Waals surface area (Å²) in [5, 5.41) is 9.99. The van der Waals surface area contributed by atoms with E-state index in [1.807, 2.05) is 0 Å². The standard InChI is InChI=1S/C44H45O3PS/c1-3-5-7-17-27-46-48(45,47-28-18-8-6-4-2)40-31-41(42-36-23-13-9-19-32(36)29-33-20-10-14-24-37(33)42)49-44(40)43-38-25-15-11-21-34(38)30-35-22-12-16-26-39(35)43/h9-16,19-26,29-31H,3-8,17-18,27-28H2,1-2H3. The van der Waals surface area contributed by atoms with Gasteiger partial charge < -0.3 is 9.05 Å². The fraction of sp³-hybridized carbons (Fsp3) is 0.273. The van der Waals surface area contributed by atoms with Crippen LogP contribution in [0, 0.1) is 0 Å². The van der Waals surface area contributed by atoms with Crippen molar-refractivity contribution in [1.82, 2.24) is 0 Å². The summed E-state index contributed by atoms with van der Waals surface area (Å²) in [7, 11) is -3.74. The number of rotatable bonds is 15. The Morgan fingerprint density at radius 3 is 1.35 bits per heavy atom. The minimum atomic E-state index is -3.74. The Bertz CT molecular complexity index is 2140. The van der Waals surface area contributed by atoms with Crippen molar-refractivity contribution >= 4 is 67.3 Å². The number of unbranched alkanes of at least 4 members (excludes halogenated alkanes) is 6. The molecule has 1 heterocycles. The van der Waals surface area contributed by atoms with Crippen LogP contribution in [0.25, 0.3) is 64.0 Å². The van der Waals surface area contributed by atoms with Gasteiger partial charge in [0.05, 0.1) is 23.4 Å². The second-order valence-electron chi connectivity index (χ2n) is 13.0. The average Bonchev–Trinajstić information content (AvgIpc) is 3.58. The molecule has 0 unspecified atom stereocenters. The highest BCUT2D eigenvalue weighted by atomic mass is 32.1. The molecule has 0 fully saturated rings. The van der Waals surface area contributed by atoms with E-state index >= 15 is 4.57 Å². The molecular formula is C44H45O3PS. The lowest BCUT2D eigenvalue weighted by molar-refractivity contribution is 0.206. The Morgan fingerprint density at radius 2 is 0.918 bits per heavy atom. The van der Waals surface area contributed by atoms with Gasteiger partial charge in [-0.25, -0.2) is 0 Å². The molecule has 49 heavy (non-hydrogen) atoms. The highest BCUT2D eigenvalue weighted by Gasteiger charge is 2.35. The molecule has 0 aliphatic carbocycles. The third kappa shape index (κ3) is 6.98. The Balaban J connectivity index is 1.50. The Morgan fingerprint density at radius 1 is 0.510 bits per heavy atom. The van der Waals surface area contributed by atoms with E-state index in [0.29, 0.717) is 18.5 Å². The fourth-order valence-corrected chi connectivity index (χ4v) is 10.5. The van der Waals surface area contributed by atoms with Crippen LogP contribution in [-0.4, -0.2) is 13.2 Å². The van der Waals surface area contributed by atoms with Crippen molar-refractivity contribution in [1.29, 1.82) is 0 Å². The normalized spacial score (nSPS) is 12.1. The highest BCUT2D eigenvalue weighted by molar-refractivity contribution is 7.63. The molecule has 5 heteroatoms. The van der Waals surface area contributed by atoms with Crippen LogP contribution in [0.3, 0.4) is 0 Å². The zero-order valence-corrected chi connectivity index (χ0v) is 30.3. The number of thiophene rings is 1. The van der Waals surface area contributed by atoms with Crippen molar-refractivity contribution in [3.63, 3.8) is 0 Å². The molecular weight excluding hydrogens is 640 g/mol. The zero-order valence-electron chi connectivity index (χ0n) is 28.6. The molecule has 250 valence electrons. The maximum absolute atomic E-state index is 15.5. The van der Waals surface area contributed by atoms with Gasteiger partial charge in [0.15, 0.2) is 0 Å². The molecule has 0 bridgehead atoms. The third-order valence-corrected chi connectivity index (χ3v) is 12.9. The van der Waals surface area contributed by atoms with Crippen molar-refractivity contribution < 1.29 is 13.6 Å². The van der Waals surface area contributed by atoms with Gasteiger partial charge in [-0.3, -0.25) is 4.57 Å². The van der Waals surface area contributed by atoms with E-state index in [1.165, 1.54) is 21.5 Å². The van der Waals surface area contributed by atoms with Crippen LogP contribution in [0.2, 0.25) is 0 Å². The summed E-state index contributed by atoms with van der Waals surface area (Å²) in [6.07, 6.45) is 8.34. The molecule has 0 aliphatic rings. The molecule has 3 nitrogen and oxygen atoms in total. The van der Waals surface area contributed by atoms with Crippen molar-refractivity contribution in [3.8, 4) is 20.9 Å². The van der Waals surface area contributed by atoms with Crippen LogP contribution in [0.5, 0.6) is 0 Å². The molecule has 6 aromatic carbocycles. The van der Waals surface area contributed by atoms with Gasteiger partial charge in [0.2, 0.25) is 0 Å². The molecule has 1 aromatic heterocycles. The lowest BCUT2D eigenvalue weighted by atomic mass is 9.95. The molecule has 0 spiro atoms. The number of fused-ring (bicyclic) bond motifs is 4. The van der Waals surface area contributed by atoms with Crippen molar-refractivity contribution in [2.75, 3.05) is 13.2 Å². The molecule has 0 radical (unpaired) electrons. The van der Waals surface area contributed by atoms with E-state index in [0.717, 1.165) is 93.8 Å². The van der Waals surface area contributed by atoms with E-state index in [-0.39, 0.29) is 0 Å². The van der Waals surface area contributed by atoms with E-state index in [2.05, 4.69) is 129 Å². The van der Waals surface area contributed by atoms with Gasteiger partial charge in [0, 0.05) is 16.0 Å². The second-order valence-corrected chi connectivity index (χ2v) is 16.0. The van der Waals surface area contributed by atoms with E-state index in [1.54, 1.807) is 11.3 Å². The van der Waals surface area contributed by atoms with Crippen molar-refractivity contribution in [3.05, 3.63) is 115 Å². The molecule has 0 N–H and O–H groups in total. The van der Waals surface area contributed by atoms with E-state index < -0.39 is 7.60 Å². The van der Waals surface area contributed by atoms with Gasteiger partial charge in [-0.1, -0.05) is 149 Å². The summed E-state index contributed by atoms with van der Waals surface area (Å²) in [5.74, 6) is 0. The van der Waals surface area contributed by atoms with Crippen LogP contribution in [0.1, 0.15) is 65.2 Å². The van der Waals surface area contributed by atoms with Crippen LogP contribution in [0.15, 0.2) is 115 Å². The summed E-state index contributed by atoms with van der Waals surface area (Å²) in [4.78, 5) is 2.03. The first-order valence-electron chi connectivity index (χ1n) is 18.0. The molecule has 0 amide bonds. The van der Waals surface area contributed by atoms with Gasteiger partial charge in [-0.15, -0.1) is 11.3 Å². The molecule has 7 rings (SSSR count). The van der Waals surface area contributed by atoms with Crippen LogP contribution in [-0.2, 0) is 13.6 Å². The second kappa shape index (κ2) is 15.4. The zero-order chi connectivity index (χ0) is 33.6. The van der Waals surface area contributed by atoms with Crippen LogP contribution >= 0.6 is 18.9 Å². The Kier molecular flexibility index (Phi) is 10.6. The van der Waals surface area contributed by atoms with Gasteiger partial charge in [0.25, 0.3) is 0 Å². The summed E-state index contributed by atoms with van der Waals surface area (Å²) >= 11 is 1.71. The number of hydrogen-bond acceptors (Lipinski definition) is 4. The molecule has 7 aromatic rings. The maximum atomic E-state index is 15.5. The topological polar surface area (TPSA) is 35.5 Å². The van der Waals surface area contributed by atoms with Crippen LogP contribution < -0.4 is 5.30 Å². The van der Waals surface area contributed by atoms with Crippen molar-refractivity contribution in [2.45, 2.75) is 65.2 Å². The molecule has 0 saturated heterocycles. The number of hydrogen-bond donors (Lipinski definition) is 0. The first-order chi connectivity index (χ1) is 24.1. The van der Waals surface area contributed by atoms with E-state index in [4.69, 9.17) is 9.05 Å². The number of benzene rings is 6. The minimum absolute atomic E-state index is 0.407. The quantitative estimate of drug-likeness (QED) is 0.0613. The first kappa shape index (κ1) is 33.7. The minimum Gasteiger partial charge on any atom is -0.305 e.